The van der Waals surface area contributed by atoms with Gasteiger partial charge in [-0.1, -0.05) is 30.3 Å². The third-order valence-electron chi connectivity index (χ3n) is 2.94. The van der Waals surface area contributed by atoms with Crippen LogP contribution in [0.4, 0.5) is 0 Å². The fourth-order valence-corrected chi connectivity index (χ4v) is 1.91. The minimum Gasteiger partial charge on any atom is -0.497 e. The van der Waals surface area contributed by atoms with Crippen molar-refractivity contribution in [3.8, 4) is 17.6 Å². The van der Waals surface area contributed by atoms with Crippen LogP contribution in [-0.4, -0.2) is 14.2 Å². The van der Waals surface area contributed by atoms with Gasteiger partial charge in [-0.25, -0.2) is 0 Å². The van der Waals surface area contributed by atoms with Gasteiger partial charge >= 0.3 is 0 Å². The summed E-state index contributed by atoms with van der Waals surface area (Å²) in [6.07, 6.45) is 1.80. The molecule has 0 bridgehead atoms. The Labute approximate surface area is 118 Å². The largest absolute Gasteiger partial charge is 0.497 e. The van der Waals surface area contributed by atoms with E-state index >= 15 is 0 Å². The van der Waals surface area contributed by atoms with Crippen LogP contribution in [0.5, 0.6) is 11.5 Å². The number of hydrogen-bond acceptors (Lipinski definition) is 3. The molecule has 0 aliphatic carbocycles. The van der Waals surface area contributed by atoms with Gasteiger partial charge in [0.2, 0.25) is 0 Å². The Morgan fingerprint density at radius 3 is 2.40 bits per heavy atom. The molecule has 0 fully saturated rings. The molecule has 2 aromatic carbocycles. The lowest BCUT2D eigenvalue weighted by molar-refractivity contribution is 0.402. The molecule has 0 aliphatic rings. The lowest BCUT2D eigenvalue weighted by Crippen LogP contribution is -1.90. The molecule has 0 aliphatic heterocycles. The number of allylic oxidation sites excluding steroid dienone is 1. The first-order valence-corrected chi connectivity index (χ1v) is 6.17. The van der Waals surface area contributed by atoms with Gasteiger partial charge in [-0.3, -0.25) is 0 Å². The molecule has 3 nitrogen and oxygen atoms in total. The molecule has 100 valence electrons. The SMILES string of the molecule is COc1ccc(OC)c(C=C(C#N)c2ccccc2)c1. The summed E-state index contributed by atoms with van der Waals surface area (Å²) in [5, 5.41) is 9.34. The van der Waals surface area contributed by atoms with Crippen molar-refractivity contribution in [2.24, 2.45) is 0 Å². The van der Waals surface area contributed by atoms with Crippen LogP contribution in [0.2, 0.25) is 0 Å². The number of methoxy groups -OCH3 is 2. The predicted octanol–water partition coefficient (Wildman–Crippen LogP) is 3.77. The molecule has 2 rings (SSSR count). The van der Waals surface area contributed by atoms with E-state index in [0.29, 0.717) is 11.3 Å². The average molecular weight is 265 g/mol. The molecule has 20 heavy (non-hydrogen) atoms. The maximum absolute atomic E-state index is 9.34. The van der Waals surface area contributed by atoms with E-state index in [4.69, 9.17) is 9.47 Å². The minimum atomic E-state index is 0.581. The fraction of sp³-hybridized carbons (Fsp3) is 0.118. The molecule has 0 atom stereocenters. The third kappa shape index (κ3) is 2.99. The zero-order chi connectivity index (χ0) is 14.4. The molecule has 0 unspecified atom stereocenters. The van der Waals surface area contributed by atoms with Crippen molar-refractivity contribution in [3.63, 3.8) is 0 Å². The predicted molar refractivity (Wildman–Crippen MR) is 79.5 cm³/mol. The maximum Gasteiger partial charge on any atom is 0.126 e. The molecule has 0 heterocycles. The molecule has 2 aromatic rings. The zero-order valence-electron chi connectivity index (χ0n) is 11.5. The van der Waals surface area contributed by atoms with E-state index < -0.39 is 0 Å². The Morgan fingerprint density at radius 1 is 1.05 bits per heavy atom. The lowest BCUT2D eigenvalue weighted by Gasteiger charge is -2.08. The molecule has 0 aromatic heterocycles. The average Bonchev–Trinajstić information content (AvgIpc) is 2.53. The lowest BCUT2D eigenvalue weighted by atomic mass is 10.0. The van der Waals surface area contributed by atoms with Crippen LogP contribution in [0, 0.1) is 11.3 Å². The van der Waals surface area contributed by atoms with Gasteiger partial charge in [0.15, 0.2) is 0 Å². The summed E-state index contributed by atoms with van der Waals surface area (Å²) >= 11 is 0. The molecule has 0 spiro atoms. The van der Waals surface area contributed by atoms with Gasteiger partial charge in [0.25, 0.3) is 0 Å². The van der Waals surface area contributed by atoms with Crippen LogP contribution < -0.4 is 9.47 Å². The molecule has 0 saturated carbocycles. The Balaban J connectivity index is 2.50. The van der Waals surface area contributed by atoms with Crippen LogP contribution in [0.3, 0.4) is 0 Å². The third-order valence-corrected chi connectivity index (χ3v) is 2.94. The van der Waals surface area contributed by atoms with Crippen molar-refractivity contribution in [1.82, 2.24) is 0 Å². The van der Waals surface area contributed by atoms with E-state index in [0.717, 1.165) is 16.9 Å². The topological polar surface area (TPSA) is 42.2 Å². The minimum absolute atomic E-state index is 0.581. The normalized spacial score (nSPS) is 10.8. The second kappa shape index (κ2) is 6.44. The Morgan fingerprint density at radius 2 is 1.80 bits per heavy atom. The van der Waals surface area contributed by atoms with E-state index in [1.54, 1.807) is 20.3 Å². The fourth-order valence-electron chi connectivity index (χ4n) is 1.91. The number of nitriles is 1. The van der Waals surface area contributed by atoms with Gasteiger partial charge in [-0.2, -0.15) is 5.26 Å². The summed E-state index contributed by atoms with van der Waals surface area (Å²) in [7, 11) is 3.21. The zero-order valence-corrected chi connectivity index (χ0v) is 11.5. The summed E-state index contributed by atoms with van der Waals surface area (Å²) < 4.78 is 10.5. The summed E-state index contributed by atoms with van der Waals surface area (Å²) in [6, 6.07) is 17.3. The number of rotatable bonds is 4. The van der Waals surface area contributed by atoms with Crippen molar-refractivity contribution < 1.29 is 9.47 Å². The van der Waals surface area contributed by atoms with E-state index in [1.165, 1.54) is 0 Å². The van der Waals surface area contributed by atoms with E-state index in [1.807, 2.05) is 48.5 Å². The maximum atomic E-state index is 9.34. The Bertz CT molecular complexity index is 654. The van der Waals surface area contributed by atoms with Crippen molar-refractivity contribution in [2.75, 3.05) is 14.2 Å². The van der Waals surface area contributed by atoms with Crippen molar-refractivity contribution in [3.05, 3.63) is 59.7 Å². The summed E-state index contributed by atoms with van der Waals surface area (Å²) in [5.41, 5.74) is 2.27. The van der Waals surface area contributed by atoms with Crippen LogP contribution in [-0.2, 0) is 0 Å². The smallest absolute Gasteiger partial charge is 0.126 e. The first-order chi connectivity index (χ1) is 9.78. The molecule has 0 N–H and O–H groups in total. The second-order valence-electron chi connectivity index (χ2n) is 4.14. The number of ether oxygens (including phenoxy) is 2. The number of hydrogen-bond donors (Lipinski definition) is 0. The molecule has 0 amide bonds. The van der Waals surface area contributed by atoms with Crippen LogP contribution in [0.1, 0.15) is 11.1 Å². The highest BCUT2D eigenvalue weighted by atomic mass is 16.5. The highest BCUT2D eigenvalue weighted by Gasteiger charge is 2.06. The highest BCUT2D eigenvalue weighted by molar-refractivity contribution is 5.90. The van der Waals surface area contributed by atoms with Crippen LogP contribution in [0.25, 0.3) is 11.6 Å². The monoisotopic (exact) mass is 265 g/mol. The highest BCUT2D eigenvalue weighted by Crippen LogP contribution is 2.28. The summed E-state index contributed by atoms with van der Waals surface area (Å²) in [4.78, 5) is 0. The van der Waals surface area contributed by atoms with Crippen LogP contribution in [0.15, 0.2) is 48.5 Å². The molecule has 0 saturated heterocycles. The standard InChI is InChI=1S/C17H15NO2/c1-19-16-8-9-17(20-2)14(11-16)10-15(12-18)13-6-4-3-5-7-13/h3-11H,1-2H3. The van der Waals surface area contributed by atoms with E-state index in [2.05, 4.69) is 6.07 Å². The van der Waals surface area contributed by atoms with Gasteiger partial charge in [-0.15, -0.1) is 0 Å². The molecule has 0 radical (unpaired) electrons. The van der Waals surface area contributed by atoms with Gasteiger partial charge in [0.1, 0.15) is 11.5 Å². The molecular weight excluding hydrogens is 250 g/mol. The summed E-state index contributed by atoms with van der Waals surface area (Å²) in [6.45, 7) is 0. The molecular formula is C17H15NO2. The van der Waals surface area contributed by atoms with Crippen LogP contribution >= 0.6 is 0 Å². The number of nitrogens with zero attached hydrogens (tertiary/aromatic N) is 1. The van der Waals surface area contributed by atoms with Gasteiger partial charge in [-0.05, 0) is 29.8 Å². The quantitative estimate of drug-likeness (QED) is 0.624. The van der Waals surface area contributed by atoms with Crippen molar-refractivity contribution >= 4 is 11.6 Å². The number of benzene rings is 2. The van der Waals surface area contributed by atoms with Crippen molar-refractivity contribution in [2.45, 2.75) is 0 Å². The van der Waals surface area contributed by atoms with Gasteiger partial charge < -0.3 is 9.47 Å². The first kappa shape index (κ1) is 13.7. The summed E-state index contributed by atoms with van der Waals surface area (Å²) in [5.74, 6) is 1.43. The van der Waals surface area contributed by atoms with E-state index in [9.17, 15) is 5.26 Å². The first-order valence-electron chi connectivity index (χ1n) is 6.17. The Hall–Kier alpha value is -2.73. The molecule has 3 heteroatoms. The van der Waals surface area contributed by atoms with Crippen molar-refractivity contribution in [1.29, 1.82) is 5.26 Å². The van der Waals surface area contributed by atoms with E-state index in [-0.39, 0.29) is 0 Å². The Kier molecular flexibility index (Phi) is 4.41. The van der Waals surface area contributed by atoms with Gasteiger partial charge in [0, 0.05) is 5.56 Å². The second-order valence-corrected chi connectivity index (χ2v) is 4.14. The van der Waals surface area contributed by atoms with Gasteiger partial charge in [0.05, 0.1) is 25.9 Å².